The maximum atomic E-state index is 11.8. The van der Waals surface area contributed by atoms with Gasteiger partial charge in [0.15, 0.2) is 0 Å². The van der Waals surface area contributed by atoms with Crippen molar-refractivity contribution in [1.29, 1.82) is 0 Å². The van der Waals surface area contributed by atoms with E-state index in [9.17, 15) is 14.4 Å². The quantitative estimate of drug-likeness (QED) is 0.687. The molecule has 98 valence electrons. The zero-order chi connectivity index (χ0) is 13.4. The van der Waals surface area contributed by atoms with Crippen LogP contribution < -0.4 is 10.6 Å². The number of rotatable bonds is 7. The molecule has 2 amide bonds. The molecule has 0 unspecified atom stereocenters. The molecule has 0 aromatic carbocycles. The lowest BCUT2D eigenvalue weighted by Crippen LogP contribution is -2.50. The maximum absolute atomic E-state index is 11.8. The number of amides is 2. The Hall–Kier alpha value is -1.39. The number of nitrogens with one attached hydrogen (secondary N) is 2. The van der Waals surface area contributed by atoms with Crippen LogP contribution in [0.1, 0.15) is 40.5 Å². The first-order valence-electron chi connectivity index (χ1n) is 5.98. The highest BCUT2D eigenvalue weighted by atomic mass is 16.2. The molecule has 0 heterocycles. The van der Waals surface area contributed by atoms with Crippen LogP contribution in [0.3, 0.4) is 0 Å². The fourth-order valence-corrected chi connectivity index (χ4v) is 1.30. The number of hydrogen-bond donors (Lipinski definition) is 2. The Balaban J connectivity index is 4.50. The standard InChI is InChI=1S/C12H22N2O3/c1-5-8(3)11(14-10(16)6-2)12(17)13-7-9(4)15/h8,11H,5-7H2,1-4H3,(H,13,17)(H,14,16)/t8-,11-/m0/s1. The van der Waals surface area contributed by atoms with Crippen LogP contribution in [0.5, 0.6) is 0 Å². The fourth-order valence-electron chi connectivity index (χ4n) is 1.30. The third-order valence-electron chi connectivity index (χ3n) is 2.64. The second kappa shape index (κ2) is 7.81. The predicted octanol–water partition coefficient (Wildman–Crippen LogP) is 0.632. The van der Waals surface area contributed by atoms with Crippen molar-refractivity contribution in [1.82, 2.24) is 10.6 Å². The van der Waals surface area contributed by atoms with Gasteiger partial charge < -0.3 is 10.6 Å². The summed E-state index contributed by atoms with van der Waals surface area (Å²) in [6.45, 7) is 7.00. The van der Waals surface area contributed by atoms with Crippen LogP contribution in [0.25, 0.3) is 0 Å². The van der Waals surface area contributed by atoms with Crippen LogP contribution in [0.2, 0.25) is 0 Å². The van der Waals surface area contributed by atoms with Gasteiger partial charge in [0, 0.05) is 6.42 Å². The minimum atomic E-state index is -0.563. The van der Waals surface area contributed by atoms with Gasteiger partial charge in [-0.3, -0.25) is 14.4 Å². The summed E-state index contributed by atoms with van der Waals surface area (Å²) in [6.07, 6.45) is 1.12. The SMILES string of the molecule is CCC(=O)N[C@H](C(=O)NCC(C)=O)[C@@H](C)CC. The van der Waals surface area contributed by atoms with Gasteiger partial charge in [-0.1, -0.05) is 27.2 Å². The van der Waals surface area contributed by atoms with Gasteiger partial charge >= 0.3 is 0 Å². The maximum Gasteiger partial charge on any atom is 0.243 e. The zero-order valence-corrected chi connectivity index (χ0v) is 11.0. The second-order valence-electron chi connectivity index (χ2n) is 4.20. The second-order valence-corrected chi connectivity index (χ2v) is 4.20. The van der Waals surface area contributed by atoms with E-state index in [1.807, 2.05) is 13.8 Å². The van der Waals surface area contributed by atoms with E-state index in [1.54, 1.807) is 6.92 Å². The van der Waals surface area contributed by atoms with Gasteiger partial charge in [0.25, 0.3) is 0 Å². The van der Waals surface area contributed by atoms with E-state index in [0.717, 1.165) is 6.42 Å². The van der Waals surface area contributed by atoms with Gasteiger partial charge in [-0.2, -0.15) is 0 Å². The van der Waals surface area contributed by atoms with E-state index in [1.165, 1.54) is 6.92 Å². The third kappa shape index (κ3) is 6.04. The van der Waals surface area contributed by atoms with E-state index in [4.69, 9.17) is 0 Å². The van der Waals surface area contributed by atoms with Gasteiger partial charge in [-0.15, -0.1) is 0 Å². The molecule has 0 aromatic rings. The normalized spacial score (nSPS) is 13.6. The summed E-state index contributed by atoms with van der Waals surface area (Å²) in [7, 11) is 0. The van der Waals surface area contributed by atoms with Crippen LogP contribution in [-0.2, 0) is 14.4 Å². The first kappa shape index (κ1) is 15.6. The van der Waals surface area contributed by atoms with Gasteiger partial charge in [0.2, 0.25) is 11.8 Å². The Kier molecular flexibility index (Phi) is 7.18. The number of carbonyl (C=O) groups excluding carboxylic acids is 3. The fraction of sp³-hybridized carbons (Fsp3) is 0.750. The highest BCUT2D eigenvalue weighted by Gasteiger charge is 2.25. The van der Waals surface area contributed by atoms with Crippen molar-refractivity contribution in [2.75, 3.05) is 6.54 Å². The summed E-state index contributed by atoms with van der Waals surface area (Å²) < 4.78 is 0. The molecule has 0 saturated heterocycles. The summed E-state index contributed by atoms with van der Waals surface area (Å²) in [5, 5.41) is 5.20. The van der Waals surface area contributed by atoms with E-state index >= 15 is 0 Å². The molecule has 2 N–H and O–H groups in total. The molecular formula is C12H22N2O3. The molecule has 2 atom stereocenters. The van der Waals surface area contributed by atoms with Crippen molar-refractivity contribution in [3.63, 3.8) is 0 Å². The largest absolute Gasteiger partial charge is 0.347 e. The number of Topliss-reactive ketones (excluding diaryl/α,β-unsaturated/α-hetero) is 1. The lowest BCUT2D eigenvalue weighted by molar-refractivity contribution is -0.131. The molecule has 0 radical (unpaired) electrons. The third-order valence-corrected chi connectivity index (χ3v) is 2.64. The van der Waals surface area contributed by atoms with Crippen molar-refractivity contribution >= 4 is 17.6 Å². The number of carbonyl (C=O) groups is 3. The Labute approximate surface area is 102 Å². The molecule has 0 aromatic heterocycles. The van der Waals surface area contributed by atoms with E-state index in [0.29, 0.717) is 6.42 Å². The molecule has 0 bridgehead atoms. The smallest absolute Gasteiger partial charge is 0.243 e. The first-order chi connectivity index (χ1) is 7.92. The first-order valence-corrected chi connectivity index (χ1v) is 5.98. The number of ketones is 1. The molecule has 0 saturated carbocycles. The van der Waals surface area contributed by atoms with Crippen molar-refractivity contribution in [2.45, 2.75) is 46.6 Å². The summed E-state index contributed by atoms with van der Waals surface area (Å²) in [6, 6.07) is -0.563. The van der Waals surface area contributed by atoms with E-state index < -0.39 is 6.04 Å². The topological polar surface area (TPSA) is 75.3 Å². The molecule has 0 rings (SSSR count). The van der Waals surface area contributed by atoms with Crippen molar-refractivity contribution in [3.05, 3.63) is 0 Å². The molecule has 17 heavy (non-hydrogen) atoms. The average molecular weight is 242 g/mol. The molecule has 5 heteroatoms. The van der Waals surface area contributed by atoms with Crippen LogP contribution in [0.15, 0.2) is 0 Å². The minimum Gasteiger partial charge on any atom is -0.347 e. The summed E-state index contributed by atoms with van der Waals surface area (Å²) >= 11 is 0. The van der Waals surface area contributed by atoms with Crippen LogP contribution in [0, 0.1) is 5.92 Å². The summed E-state index contributed by atoms with van der Waals surface area (Å²) in [4.78, 5) is 33.9. The van der Waals surface area contributed by atoms with Crippen molar-refractivity contribution < 1.29 is 14.4 Å². The van der Waals surface area contributed by atoms with Crippen molar-refractivity contribution in [3.8, 4) is 0 Å². The number of hydrogen-bond acceptors (Lipinski definition) is 3. The van der Waals surface area contributed by atoms with Gasteiger partial charge in [0.1, 0.15) is 11.8 Å². The lowest BCUT2D eigenvalue weighted by Gasteiger charge is -2.23. The van der Waals surface area contributed by atoms with Gasteiger partial charge in [-0.25, -0.2) is 0 Å². The van der Waals surface area contributed by atoms with Gasteiger partial charge in [0.05, 0.1) is 6.54 Å². The molecule has 5 nitrogen and oxygen atoms in total. The lowest BCUT2D eigenvalue weighted by atomic mass is 9.98. The Morgan fingerprint density at radius 3 is 2.18 bits per heavy atom. The Bertz CT molecular complexity index is 289. The molecule has 0 spiro atoms. The summed E-state index contributed by atoms with van der Waals surface area (Å²) in [5.74, 6) is -0.523. The molecule has 0 fully saturated rings. The van der Waals surface area contributed by atoms with E-state index in [-0.39, 0.29) is 30.1 Å². The summed E-state index contributed by atoms with van der Waals surface area (Å²) in [5.41, 5.74) is 0. The molecule has 0 aliphatic rings. The van der Waals surface area contributed by atoms with E-state index in [2.05, 4.69) is 10.6 Å². The van der Waals surface area contributed by atoms with Crippen LogP contribution in [0.4, 0.5) is 0 Å². The van der Waals surface area contributed by atoms with Crippen molar-refractivity contribution in [2.24, 2.45) is 5.92 Å². The predicted molar refractivity (Wildman–Crippen MR) is 65.4 cm³/mol. The van der Waals surface area contributed by atoms with Crippen LogP contribution >= 0.6 is 0 Å². The zero-order valence-electron chi connectivity index (χ0n) is 11.0. The molecule has 0 aliphatic heterocycles. The Morgan fingerprint density at radius 1 is 1.18 bits per heavy atom. The van der Waals surface area contributed by atoms with Crippen LogP contribution in [-0.4, -0.2) is 30.2 Å². The van der Waals surface area contributed by atoms with Gasteiger partial charge in [-0.05, 0) is 12.8 Å². The highest BCUT2D eigenvalue weighted by Crippen LogP contribution is 2.08. The highest BCUT2D eigenvalue weighted by molar-refractivity contribution is 5.90. The molecule has 0 aliphatic carbocycles. The average Bonchev–Trinajstić information content (AvgIpc) is 2.31. The minimum absolute atomic E-state index is 0.00770. The monoisotopic (exact) mass is 242 g/mol. The molecular weight excluding hydrogens is 220 g/mol. The Morgan fingerprint density at radius 2 is 1.76 bits per heavy atom.